The number of benzene rings is 1. The highest BCUT2D eigenvalue weighted by atomic mass is 16.5. The molecule has 0 radical (unpaired) electrons. The zero-order valence-electron chi connectivity index (χ0n) is 10.4. The summed E-state index contributed by atoms with van der Waals surface area (Å²) in [6.07, 6.45) is 5.09. The number of nitrogens with one attached hydrogen (secondary N) is 1. The molecule has 17 heavy (non-hydrogen) atoms. The van der Waals surface area contributed by atoms with Gasteiger partial charge >= 0.3 is 0 Å². The van der Waals surface area contributed by atoms with E-state index < -0.39 is 0 Å². The van der Waals surface area contributed by atoms with Gasteiger partial charge in [-0.2, -0.15) is 0 Å². The van der Waals surface area contributed by atoms with Gasteiger partial charge in [0, 0.05) is 6.04 Å². The monoisotopic (exact) mass is 235 g/mol. The molecule has 1 aliphatic carbocycles. The molecule has 3 nitrogen and oxygen atoms in total. The molecule has 1 fully saturated rings. The first-order chi connectivity index (χ1) is 8.28. The lowest BCUT2D eigenvalue weighted by Gasteiger charge is -2.28. The first-order valence-electron chi connectivity index (χ1n) is 6.34. The van der Waals surface area contributed by atoms with Gasteiger partial charge in [0.05, 0.1) is 12.7 Å². The molecule has 1 aromatic rings. The summed E-state index contributed by atoms with van der Waals surface area (Å²) < 4.78 is 5.89. The maximum atomic E-state index is 9.18. The Kier molecular flexibility index (Phi) is 4.40. The Morgan fingerprint density at radius 3 is 2.41 bits per heavy atom. The van der Waals surface area contributed by atoms with Gasteiger partial charge in [-0.3, -0.25) is 0 Å². The summed E-state index contributed by atoms with van der Waals surface area (Å²) in [5, 5.41) is 12.5. The lowest BCUT2D eigenvalue weighted by molar-refractivity contribution is 0.0118. The summed E-state index contributed by atoms with van der Waals surface area (Å²) in [5.41, 5.74) is 1.12. The van der Waals surface area contributed by atoms with Gasteiger partial charge in [0.1, 0.15) is 5.75 Å². The highest BCUT2D eigenvalue weighted by Gasteiger charge is 2.20. The van der Waals surface area contributed by atoms with E-state index in [0.29, 0.717) is 24.5 Å². The second-order valence-corrected chi connectivity index (χ2v) is 4.74. The topological polar surface area (TPSA) is 41.5 Å². The number of phenols is 1. The Bertz CT molecular complexity index is 329. The minimum Gasteiger partial charge on any atom is -0.508 e. The molecule has 0 aliphatic heterocycles. The smallest absolute Gasteiger partial charge is 0.115 e. The van der Waals surface area contributed by atoms with E-state index in [9.17, 15) is 5.11 Å². The van der Waals surface area contributed by atoms with Crippen LogP contribution in [-0.4, -0.2) is 24.3 Å². The summed E-state index contributed by atoms with van der Waals surface area (Å²) in [7, 11) is 2.03. The van der Waals surface area contributed by atoms with Crippen molar-refractivity contribution in [3.63, 3.8) is 0 Å². The van der Waals surface area contributed by atoms with Crippen molar-refractivity contribution in [3.8, 4) is 5.75 Å². The third-order valence-electron chi connectivity index (χ3n) is 3.50. The van der Waals surface area contributed by atoms with Crippen LogP contribution in [0.15, 0.2) is 24.3 Å². The van der Waals surface area contributed by atoms with E-state index in [1.807, 2.05) is 19.2 Å². The normalized spacial score (nSPS) is 24.8. The number of ether oxygens (including phenoxy) is 1. The van der Waals surface area contributed by atoms with Crippen LogP contribution in [0, 0.1) is 0 Å². The van der Waals surface area contributed by atoms with Gasteiger partial charge in [-0.05, 0) is 50.4 Å². The summed E-state index contributed by atoms with van der Waals surface area (Å²) in [5.74, 6) is 0.309. The molecule has 1 saturated carbocycles. The van der Waals surface area contributed by atoms with Gasteiger partial charge in [0.2, 0.25) is 0 Å². The molecule has 1 aliphatic rings. The van der Waals surface area contributed by atoms with Crippen molar-refractivity contribution in [1.29, 1.82) is 0 Å². The molecule has 2 N–H and O–H groups in total. The van der Waals surface area contributed by atoms with Crippen molar-refractivity contribution in [1.82, 2.24) is 5.32 Å². The van der Waals surface area contributed by atoms with Crippen LogP contribution in [0.2, 0.25) is 0 Å². The van der Waals surface area contributed by atoms with Crippen molar-refractivity contribution < 1.29 is 9.84 Å². The van der Waals surface area contributed by atoms with Crippen molar-refractivity contribution in [3.05, 3.63) is 29.8 Å². The highest BCUT2D eigenvalue weighted by Crippen LogP contribution is 2.22. The lowest BCUT2D eigenvalue weighted by atomic mass is 9.93. The Morgan fingerprint density at radius 1 is 1.18 bits per heavy atom. The van der Waals surface area contributed by atoms with Crippen molar-refractivity contribution >= 4 is 0 Å². The van der Waals surface area contributed by atoms with E-state index in [2.05, 4.69) is 5.32 Å². The van der Waals surface area contributed by atoms with E-state index in [1.165, 1.54) is 12.8 Å². The predicted octanol–water partition coefficient (Wildman–Crippen LogP) is 2.44. The second kappa shape index (κ2) is 6.03. The van der Waals surface area contributed by atoms with Gasteiger partial charge in [0.25, 0.3) is 0 Å². The standard InChI is InChI=1S/C14H21NO2/c1-15-12-4-8-14(9-5-12)17-10-11-2-6-13(16)7-3-11/h2-3,6-7,12,14-16H,4-5,8-10H2,1H3. The van der Waals surface area contributed by atoms with E-state index in [-0.39, 0.29) is 0 Å². The molecule has 94 valence electrons. The summed E-state index contributed by atoms with van der Waals surface area (Å²) >= 11 is 0. The quantitative estimate of drug-likeness (QED) is 0.842. The third kappa shape index (κ3) is 3.72. The average molecular weight is 235 g/mol. The van der Waals surface area contributed by atoms with Crippen LogP contribution in [0.1, 0.15) is 31.2 Å². The van der Waals surface area contributed by atoms with E-state index in [1.54, 1.807) is 12.1 Å². The fourth-order valence-corrected chi connectivity index (χ4v) is 2.32. The molecule has 0 aromatic heterocycles. The fraction of sp³-hybridized carbons (Fsp3) is 0.571. The van der Waals surface area contributed by atoms with Crippen LogP contribution in [0.4, 0.5) is 0 Å². The van der Waals surface area contributed by atoms with Crippen molar-refractivity contribution in [2.45, 2.75) is 44.4 Å². The molecule has 0 heterocycles. The third-order valence-corrected chi connectivity index (χ3v) is 3.50. The molecule has 0 atom stereocenters. The molecule has 0 spiro atoms. The maximum absolute atomic E-state index is 9.18. The van der Waals surface area contributed by atoms with Crippen LogP contribution >= 0.6 is 0 Å². The number of phenolic OH excluding ortho intramolecular Hbond substituents is 1. The molecule has 3 heteroatoms. The van der Waals surface area contributed by atoms with Crippen LogP contribution < -0.4 is 5.32 Å². The molecular formula is C14H21NO2. The fourth-order valence-electron chi connectivity index (χ4n) is 2.32. The minimum atomic E-state index is 0.309. The Morgan fingerprint density at radius 2 is 1.82 bits per heavy atom. The Balaban J connectivity index is 1.74. The van der Waals surface area contributed by atoms with Crippen LogP contribution in [0.3, 0.4) is 0 Å². The zero-order valence-corrected chi connectivity index (χ0v) is 10.4. The van der Waals surface area contributed by atoms with Crippen LogP contribution in [0.5, 0.6) is 5.75 Å². The Labute approximate surface area is 103 Å². The minimum absolute atomic E-state index is 0.309. The van der Waals surface area contributed by atoms with Gasteiger partial charge in [-0.25, -0.2) is 0 Å². The summed E-state index contributed by atoms with van der Waals surface area (Å²) in [4.78, 5) is 0. The van der Waals surface area contributed by atoms with Gasteiger partial charge in [-0.15, -0.1) is 0 Å². The first-order valence-corrected chi connectivity index (χ1v) is 6.34. The van der Waals surface area contributed by atoms with Gasteiger partial charge < -0.3 is 15.2 Å². The van der Waals surface area contributed by atoms with Gasteiger partial charge in [-0.1, -0.05) is 12.1 Å². The van der Waals surface area contributed by atoms with Crippen LogP contribution in [0.25, 0.3) is 0 Å². The van der Waals surface area contributed by atoms with E-state index in [0.717, 1.165) is 18.4 Å². The molecule has 0 unspecified atom stereocenters. The van der Waals surface area contributed by atoms with Crippen molar-refractivity contribution in [2.75, 3.05) is 7.05 Å². The molecule has 0 saturated heterocycles. The molecular weight excluding hydrogens is 214 g/mol. The number of hydrogen-bond acceptors (Lipinski definition) is 3. The van der Waals surface area contributed by atoms with Gasteiger partial charge in [0.15, 0.2) is 0 Å². The molecule has 0 amide bonds. The number of hydrogen-bond donors (Lipinski definition) is 2. The summed E-state index contributed by atoms with van der Waals surface area (Å²) in [6.45, 7) is 0.648. The Hall–Kier alpha value is -1.06. The van der Waals surface area contributed by atoms with E-state index >= 15 is 0 Å². The predicted molar refractivity (Wildman–Crippen MR) is 68.0 cm³/mol. The zero-order chi connectivity index (χ0) is 12.1. The first kappa shape index (κ1) is 12.4. The maximum Gasteiger partial charge on any atom is 0.115 e. The average Bonchev–Trinajstić information content (AvgIpc) is 2.39. The summed E-state index contributed by atoms with van der Waals surface area (Å²) in [6, 6.07) is 7.90. The van der Waals surface area contributed by atoms with E-state index in [4.69, 9.17) is 4.74 Å². The van der Waals surface area contributed by atoms with Crippen LogP contribution in [-0.2, 0) is 11.3 Å². The SMILES string of the molecule is CNC1CCC(OCc2ccc(O)cc2)CC1. The largest absolute Gasteiger partial charge is 0.508 e. The molecule has 1 aromatic carbocycles. The number of aromatic hydroxyl groups is 1. The number of rotatable bonds is 4. The highest BCUT2D eigenvalue weighted by molar-refractivity contribution is 5.25. The molecule has 0 bridgehead atoms. The van der Waals surface area contributed by atoms with Crippen molar-refractivity contribution in [2.24, 2.45) is 0 Å². The second-order valence-electron chi connectivity index (χ2n) is 4.74. The lowest BCUT2D eigenvalue weighted by Crippen LogP contribution is -2.32. The molecule has 2 rings (SSSR count).